The molecule has 0 radical (unpaired) electrons. The van der Waals surface area contributed by atoms with E-state index in [0.717, 1.165) is 11.3 Å². The highest BCUT2D eigenvalue weighted by Crippen LogP contribution is 2.23. The summed E-state index contributed by atoms with van der Waals surface area (Å²) in [6.45, 7) is 11.6. The van der Waals surface area contributed by atoms with Crippen molar-refractivity contribution in [3.63, 3.8) is 0 Å². The lowest BCUT2D eigenvalue weighted by atomic mass is 10.1. The number of rotatable bonds is 11. The van der Waals surface area contributed by atoms with Gasteiger partial charge in [-0.15, -0.1) is 0 Å². The van der Waals surface area contributed by atoms with E-state index in [0.29, 0.717) is 42.1 Å². The molecule has 0 saturated heterocycles. The monoisotopic (exact) mass is 660 g/mol. The summed E-state index contributed by atoms with van der Waals surface area (Å²) in [6, 6.07) is 21.0. The number of hydrogen-bond acceptors (Lipinski definition) is 7. The zero-order valence-corrected chi connectivity index (χ0v) is 29.1. The number of hydrogen-bond donors (Lipinski definition) is 4. The smallest absolute Gasteiger partial charge is 0.412 e. The van der Waals surface area contributed by atoms with Crippen molar-refractivity contribution < 1.29 is 28.7 Å². The Hall–Kier alpha value is -5.26. The number of urea groups is 1. The van der Waals surface area contributed by atoms with E-state index in [1.165, 1.54) is 0 Å². The summed E-state index contributed by atoms with van der Waals surface area (Å²) >= 11 is 0. The molecule has 0 saturated carbocycles. The molecule has 0 unspecified atom stereocenters. The van der Waals surface area contributed by atoms with E-state index in [9.17, 15) is 19.2 Å². The number of carbonyl (C=O) groups excluding carboxylic acids is 4. The third-order valence-electron chi connectivity index (χ3n) is 6.60. The fourth-order valence-corrected chi connectivity index (χ4v) is 4.36. The number of anilines is 4. The molecule has 3 rings (SSSR count). The van der Waals surface area contributed by atoms with E-state index in [4.69, 9.17) is 9.47 Å². The Morgan fingerprint density at radius 3 is 1.81 bits per heavy atom. The molecule has 0 atom stereocenters. The van der Waals surface area contributed by atoms with Crippen LogP contribution in [0.1, 0.15) is 63.9 Å². The molecule has 3 aromatic carbocycles. The van der Waals surface area contributed by atoms with Gasteiger partial charge in [-0.05, 0) is 102 Å². The van der Waals surface area contributed by atoms with E-state index in [1.807, 2.05) is 43.3 Å². The molecule has 3 aromatic rings. The summed E-state index contributed by atoms with van der Waals surface area (Å²) in [4.78, 5) is 54.5. The standard InChI is InChI=1S/C36H48N6O6/c1-35(2,3)47-33(45)37-22-11-23-42(32(44)38-27-18-20-28(21-19-27)41(7)8)24-25-14-16-26(17-15-25)31(43)39-29-12-9-10-13-30(29)40-34(46)48-36(4,5)6/h9-10,12-21H,11,22-24H2,1-8H3,(H,37,45)(H,38,44)(H,39,43)(H,40,46). The molecular weight excluding hydrogens is 612 g/mol. The van der Waals surface area contributed by atoms with Crippen LogP contribution in [0.2, 0.25) is 0 Å². The van der Waals surface area contributed by atoms with Crippen LogP contribution in [-0.2, 0) is 16.0 Å². The summed E-state index contributed by atoms with van der Waals surface area (Å²) in [7, 11) is 3.89. The number of para-hydroxylation sites is 2. The minimum Gasteiger partial charge on any atom is -0.444 e. The van der Waals surface area contributed by atoms with E-state index in [1.54, 1.807) is 95.0 Å². The number of amides is 5. The number of nitrogens with one attached hydrogen (secondary N) is 4. The molecule has 5 amide bonds. The fourth-order valence-electron chi connectivity index (χ4n) is 4.36. The van der Waals surface area contributed by atoms with Gasteiger partial charge in [0, 0.05) is 50.7 Å². The van der Waals surface area contributed by atoms with Crippen molar-refractivity contribution in [2.45, 2.75) is 65.7 Å². The van der Waals surface area contributed by atoms with Gasteiger partial charge in [-0.2, -0.15) is 0 Å². The van der Waals surface area contributed by atoms with Crippen molar-refractivity contribution in [3.05, 3.63) is 83.9 Å². The zero-order valence-electron chi connectivity index (χ0n) is 29.1. The van der Waals surface area contributed by atoms with Gasteiger partial charge in [0.15, 0.2) is 0 Å². The Labute approximate surface area is 283 Å². The molecule has 0 aliphatic carbocycles. The van der Waals surface area contributed by atoms with Gasteiger partial charge in [0.2, 0.25) is 0 Å². The van der Waals surface area contributed by atoms with Gasteiger partial charge >= 0.3 is 18.2 Å². The predicted molar refractivity (Wildman–Crippen MR) is 190 cm³/mol. The minimum absolute atomic E-state index is 0.262. The Morgan fingerprint density at radius 2 is 1.25 bits per heavy atom. The predicted octanol–water partition coefficient (Wildman–Crippen LogP) is 7.30. The number of benzene rings is 3. The lowest BCUT2D eigenvalue weighted by molar-refractivity contribution is 0.0525. The van der Waals surface area contributed by atoms with Gasteiger partial charge in [-0.3, -0.25) is 10.1 Å². The second kappa shape index (κ2) is 16.5. The van der Waals surface area contributed by atoms with E-state index < -0.39 is 23.4 Å². The molecule has 0 spiro atoms. The fraction of sp³-hybridized carbons (Fsp3) is 0.389. The van der Waals surface area contributed by atoms with Gasteiger partial charge < -0.3 is 35.2 Å². The summed E-state index contributed by atoms with van der Waals surface area (Å²) in [5, 5.41) is 11.2. The first kappa shape index (κ1) is 37.2. The third-order valence-corrected chi connectivity index (χ3v) is 6.60. The maximum absolute atomic E-state index is 13.4. The van der Waals surface area contributed by atoms with Crippen molar-refractivity contribution in [2.75, 3.05) is 48.0 Å². The molecule has 12 nitrogen and oxygen atoms in total. The first-order valence-electron chi connectivity index (χ1n) is 15.8. The third kappa shape index (κ3) is 12.9. The average molecular weight is 661 g/mol. The first-order valence-corrected chi connectivity index (χ1v) is 15.8. The minimum atomic E-state index is -0.672. The maximum atomic E-state index is 13.4. The highest BCUT2D eigenvalue weighted by molar-refractivity contribution is 6.06. The average Bonchev–Trinajstić information content (AvgIpc) is 2.98. The zero-order chi connectivity index (χ0) is 35.5. The van der Waals surface area contributed by atoms with Gasteiger partial charge in [0.1, 0.15) is 11.2 Å². The molecule has 12 heteroatoms. The summed E-state index contributed by atoms with van der Waals surface area (Å²) < 4.78 is 10.6. The summed E-state index contributed by atoms with van der Waals surface area (Å²) in [5.74, 6) is -0.371. The van der Waals surface area contributed by atoms with Crippen molar-refractivity contribution >= 4 is 46.9 Å². The van der Waals surface area contributed by atoms with Crippen LogP contribution in [0.3, 0.4) is 0 Å². The maximum Gasteiger partial charge on any atom is 0.412 e. The molecule has 0 bridgehead atoms. The van der Waals surface area contributed by atoms with Gasteiger partial charge in [0.25, 0.3) is 5.91 Å². The van der Waals surface area contributed by atoms with Crippen LogP contribution in [0.15, 0.2) is 72.8 Å². The van der Waals surface area contributed by atoms with Crippen molar-refractivity contribution in [1.29, 1.82) is 0 Å². The first-order chi connectivity index (χ1) is 22.5. The van der Waals surface area contributed by atoms with Crippen molar-refractivity contribution in [2.24, 2.45) is 0 Å². The Balaban J connectivity index is 1.68. The molecule has 48 heavy (non-hydrogen) atoms. The molecular formula is C36H48N6O6. The van der Waals surface area contributed by atoms with Crippen LogP contribution >= 0.6 is 0 Å². The highest BCUT2D eigenvalue weighted by Gasteiger charge is 2.19. The van der Waals surface area contributed by atoms with E-state index in [-0.39, 0.29) is 18.5 Å². The summed E-state index contributed by atoms with van der Waals surface area (Å²) in [5.41, 5.74) is 2.38. The molecule has 4 N–H and O–H groups in total. The quantitative estimate of drug-likeness (QED) is 0.158. The van der Waals surface area contributed by atoms with Crippen LogP contribution in [0.5, 0.6) is 0 Å². The topological polar surface area (TPSA) is 141 Å². The van der Waals surface area contributed by atoms with Crippen LogP contribution < -0.4 is 26.2 Å². The van der Waals surface area contributed by atoms with E-state index in [2.05, 4.69) is 21.3 Å². The number of nitrogens with zero attached hydrogens (tertiary/aromatic N) is 2. The van der Waals surface area contributed by atoms with Gasteiger partial charge in [-0.25, -0.2) is 14.4 Å². The second-order valence-corrected chi connectivity index (χ2v) is 13.4. The molecule has 0 heterocycles. The van der Waals surface area contributed by atoms with Gasteiger partial charge in [0.05, 0.1) is 11.4 Å². The van der Waals surface area contributed by atoms with Gasteiger partial charge in [-0.1, -0.05) is 24.3 Å². The lowest BCUT2D eigenvalue weighted by Gasteiger charge is -2.24. The molecule has 0 fully saturated rings. The Morgan fingerprint density at radius 1 is 0.688 bits per heavy atom. The Kier molecular flexibility index (Phi) is 12.8. The van der Waals surface area contributed by atoms with Crippen LogP contribution in [0.4, 0.5) is 37.1 Å². The molecule has 0 aromatic heterocycles. The molecule has 258 valence electrons. The van der Waals surface area contributed by atoms with E-state index >= 15 is 0 Å². The summed E-state index contributed by atoms with van der Waals surface area (Å²) in [6.07, 6.45) is -0.659. The lowest BCUT2D eigenvalue weighted by Crippen LogP contribution is -2.38. The van der Waals surface area contributed by atoms with Crippen LogP contribution in [-0.4, -0.2) is 67.4 Å². The largest absolute Gasteiger partial charge is 0.444 e. The normalized spacial score (nSPS) is 11.2. The molecule has 0 aliphatic rings. The Bertz CT molecular complexity index is 1540. The van der Waals surface area contributed by atoms with Crippen molar-refractivity contribution in [1.82, 2.24) is 10.2 Å². The number of alkyl carbamates (subject to hydrolysis) is 1. The molecule has 0 aliphatic heterocycles. The van der Waals surface area contributed by atoms with Crippen molar-refractivity contribution in [3.8, 4) is 0 Å². The highest BCUT2D eigenvalue weighted by atomic mass is 16.6. The SMILES string of the molecule is CN(C)c1ccc(NC(=O)N(CCCNC(=O)OC(C)(C)C)Cc2ccc(C(=O)Nc3ccccc3NC(=O)OC(C)(C)C)cc2)cc1. The van der Waals surface area contributed by atoms with Crippen LogP contribution in [0.25, 0.3) is 0 Å². The number of ether oxygens (including phenoxy) is 2. The van der Waals surface area contributed by atoms with Crippen LogP contribution in [0, 0.1) is 0 Å². The second-order valence-electron chi connectivity index (χ2n) is 13.4. The number of carbonyl (C=O) groups is 4.